The topological polar surface area (TPSA) is 88.7 Å². The molecule has 4 aromatic rings. The van der Waals surface area contributed by atoms with E-state index in [0.717, 1.165) is 27.2 Å². The fraction of sp³-hybridized carbons (Fsp3) is 0.200. The lowest BCUT2D eigenvalue weighted by Crippen LogP contribution is -2.51. The predicted octanol–water partition coefficient (Wildman–Crippen LogP) is 3.94. The molecule has 1 aliphatic rings. The molecule has 0 aliphatic carbocycles. The van der Waals surface area contributed by atoms with Gasteiger partial charge in [0.25, 0.3) is 0 Å². The molecular weight excluding hydrogens is 372 g/mol. The minimum absolute atomic E-state index is 0.368. The molecule has 4 heterocycles. The van der Waals surface area contributed by atoms with Crippen LogP contribution in [0.4, 0.5) is 11.6 Å². The maximum Gasteiger partial charge on any atom is 0.228 e. The van der Waals surface area contributed by atoms with E-state index in [4.69, 9.17) is 15.0 Å². The molecule has 1 N–H and O–H groups in total. The molecular formula is C20H16N6OS. The predicted molar refractivity (Wildman–Crippen MR) is 107 cm³/mol. The zero-order valence-corrected chi connectivity index (χ0v) is 15.7. The standard InChI is InChI=1S/C20H16N6OS/c21-8-7-20(12-27-13-20)26-11-14(10-22-26)17-18-16(6-9-28-18)24-19(25-17)23-15-4-2-1-3-5-15/h1-6,9-11H,7,12-13H2,(H,23,24,25). The summed E-state index contributed by atoms with van der Waals surface area (Å²) in [7, 11) is 0. The van der Waals surface area contributed by atoms with Gasteiger partial charge in [-0.15, -0.1) is 11.3 Å². The average molecular weight is 388 g/mol. The van der Waals surface area contributed by atoms with Crippen LogP contribution >= 0.6 is 11.3 Å². The first-order chi connectivity index (χ1) is 13.8. The number of aromatic nitrogens is 4. The van der Waals surface area contributed by atoms with Crippen molar-refractivity contribution in [1.82, 2.24) is 19.7 Å². The van der Waals surface area contributed by atoms with Crippen LogP contribution in [0.25, 0.3) is 21.5 Å². The number of fused-ring (bicyclic) bond motifs is 1. The molecule has 5 rings (SSSR count). The number of thiophene rings is 1. The molecule has 0 atom stereocenters. The number of ether oxygens (including phenoxy) is 1. The lowest BCUT2D eigenvalue weighted by Gasteiger charge is -2.39. The Labute approximate surface area is 165 Å². The second-order valence-electron chi connectivity index (χ2n) is 6.75. The van der Waals surface area contributed by atoms with E-state index in [1.165, 1.54) is 0 Å². The summed E-state index contributed by atoms with van der Waals surface area (Å²) in [6, 6.07) is 14.1. The summed E-state index contributed by atoms with van der Waals surface area (Å²) < 4.78 is 8.22. The number of nitrogens with zero attached hydrogens (tertiary/aromatic N) is 5. The lowest BCUT2D eigenvalue weighted by atomic mass is 9.94. The van der Waals surface area contributed by atoms with Gasteiger partial charge in [0.15, 0.2) is 0 Å². The molecule has 1 fully saturated rings. The third kappa shape index (κ3) is 2.81. The molecule has 8 heteroatoms. The first-order valence-electron chi connectivity index (χ1n) is 8.85. The Morgan fingerprint density at radius 1 is 1.21 bits per heavy atom. The maximum atomic E-state index is 9.17. The number of nitriles is 1. The molecule has 0 amide bonds. The third-order valence-electron chi connectivity index (χ3n) is 4.83. The first kappa shape index (κ1) is 16.9. The van der Waals surface area contributed by atoms with Crippen LogP contribution in [-0.4, -0.2) is 33.0 Å². The van der Waals surface area contributed by atoms with Crippen LogP contribution in [0.15, 0.2) is 54.2 Å². The smallest absolute Gasteiger partial charge is 0.228 e. The van der Waals surface area contributed by atoms with Crippen molar-refractivity contribution in [1.29, 1.82) is 5.26 Å². The van der Waals surface area contributed by atoms with Crippen LogP contribution < -0.4 is 5.32 Å². The van der Waals surface area contributed by atoms with Gasteiger partial charge < -0.3 is 10.1 Å². The summed E-state index contributed by atoms with van der Waals surface area (Å²) in [6.07, 6.45) is 4.12. The van der Waals surface area contributed by atoms with Gasteiger partial charge in [-0.05, 0) is 23.6 Å². The molecule has 1 saturated heterocycles. The highest BCUT2D eigenvalue weighted by Gasteiger charge is 2.41. The molecule has 138 valence electrons. The second kappa shape index (κ2) is 6.71. The Kier molecular flexibility index (Phi) is 4.04. The van der Waals surface area contributed by atoms with Crippen LogP contribution in [0.3, 0.4) is 0 Å². The van der Waals surface area contributed by atoms with Crippen molar-refractivity contribution in [3.05, 3.63) is 54.2 Å². The van der Waals surface area contributed by atoms with E-state index in [-0.39, 0.29) is 5.54 Å². The highest BCUT2D eigenvalue weighted by Crippen LogP contribution is 2.34. The van der Waals surface area contributed by atoms with Gasteiger partial charge in [0.2, 0.25) is 5.95 Å². The molecule has 0 radical (unpaired) electrons. The number of hydrogen-bond donors (Lipinski definition) is 1. The van der Waals surface area contributed by atoms with Crippen LogP contribution in [-0.2, 0) is 10.3 Å². The fourth-order valence-electron chi connectivity index (χ4n) is 3.27. The Morgan fingerprint density at radius 2 is 2.07 bits per heavy atom. The quantitative estimate of drug-likeness (QED) is 0.557. The van der Waals surface area contributed by atoms with Crippen molar-refractivity contribution in [3.8, 4) is 17.3 Å². The van der Waals surface area contributed by atoms with E-state index in [1.54, 1.807) is 17.5 Å². The van der Waals surface area contributed by atoms with Gasteiger partial charge in [0.1, 0.15) is 5.54 Å². The fourth-order valence-corrected chi connectivity index (χ4v) is 4.11. The minimum Gasteiger partial charge on any atom is -0.376 e. The summed E-state index contributed by atoms with van der Waals surface area (Å²) in [5, 5.41) is 19.0. The molecule has 7 nitrogen and oxygen atoms in total. The molecule has 28 heavy (non-hydrogen) atoms. The summed E-state index contributed by atoms with van der Waals surface area (Å²) in [5.74, 6) is 0.540. The van der Waals surface area contributed by atoms with E-state index in [0.29, 0.717) is 25.6 Å². The Bertz CT molecular complexity index is 1170. The van der Waals surface area contributed by atoms with E-state index in [2.05, 4.69) is 21.5 Å². The Hall–Kier alpha value is -3.28. The summed E-state index contributed by atoms with van der Waals surface area (Å²) >= 11 is 1.60. The van der Waals surface area contributed by atoms with E-state index in [9.17, 15) is 0 Å². The van der Waals surface area contributed by atoms with Crippen molar-refractivity contribution in [2.45, 2.75) is 12.0 Å². The number of anilines is 2. The van der Waals surface area contributed by atoms with Crippen LogP contribution in [0.2, 0.25) is 0 Å². The summed E-state index contributed by atoms with van der Waals surface area (Å²) in [5.41, 5.74) is 3.17. The monoisotopic (exact) mass is 388 g/mol. The van der Waals surface area contributed by atoms with Crippen molar-refractivity contribution in [2.24, 2.45) is 0 Å². The molecule has 0 spiro atoms. The number of para-hydroxylation sites is 1. The normalized spacial score (nSPS) is 15.1. The van der Waals surface area contributed by atoms with Gasteiger partial charge in [-0.3, -0.25) is 4.68 Å². The lowest BCUT2D eigenvalue weighted by molar-refractivity contribution is -0.104. The number of benzene rings is 1. The first-order valence-corrected chi connectivity index (χ1v) is 9.73. The largest absolute Gasteiger partial charge is 0.376 e. The van der Waals surface area contributed by atoms with Gasteiger partial charge in [-0.25, -0.2) is 9.97 Å². The number of rotatable bonds is 5. The molecule has 1 aliphatic heterocycles. The van der Waals surface area contributed by atoms with Gasteiger partial charge in [0, 0.05) is 17.4 Å². The van der Waals surface area contributed by atoms with Gasteiger partial charge in [-0.1, -0.05) is 18.2 Å². The van der Waals surface area contributed by atoms with Crippen LogP contribution in [0.5, 0.6) is 0 Å². The van der Waals surface area contributed by atoms with E-state index in [1.807, 2.05) is 52.7 Å². The summed E-state index contributed by atoms with van der Waals surface area (Å²) in [4.78, 5) is 9.39. The highest BCUT2D eigenvalue weighted by molar-refractivity contribution is 7.17. The van der Waals surface area contributed by atoms with Crippen molar-refractivity contribution in [2.75, 3.05) is 18.5 Å². The molecule has 0 unspecified atom stereocenters. The summed E-state index contributed by atoms with van der Waals surface area (Å²) in [6.45, 7) is 1.00. The zero-order valence-electron chi connectivity index (χ0n) is 14.9. The van der Waals surface area contributed by atoms with Gasteiger partial charge >= 0.3 is 0 Å². The highest BCUT2D eigenvalue weighted by atomic mass is 32.1. The van der Waals surface area contributed by atoms with Gasteiger partial charge in [0.05, 0.1) is 47.8 Å². The van der Waals surface area contributed by atoms with Crippen LogP contribution in [0.1, 0.15) is 6.42 Å². The molecule has 0 bridgehead atoms. The SMILES string of the molecule is N#CCC1(n2cc(-c3nc(Nc4ccccc4)nc4ccsc34)cn2)COC1. The van der Waals surface area contributed by atoms with Crippen molar-refractivity contribution >= 4 is 33.2 Å². The molecule has 1 aromatic carbocycles. The van der Waals surface area contributed by atoms with Gasteiger partial charge in [-0.2, -0.15) is 10.4 Å². The van der Waals surface area contributed by atoms with Crippen molar-refractivity contribution < 1.29 is 4.74 Å². The maximum absolute atomic E-state index is 9.17. The number of nitrogens with one attached hydrogen (secondary N) is 1. The average Bonchev–Trinajstić information content (AvgIpc) is 3.34. The third-order valence-corrected chi connectivity index (χ3v) is 5.74. The molecule has 3 aromatic heterocycles. The Morgan fingerprint density at radius 3 is 2.82 bits per heavy atom. The van der Waals surface area contributed by atoms with Crippen molar-refractivity contribution in [3.63, 3.8) is 0 Å². The van der Waals surface area contributed by atoms with E-state index >= 15 is 0 Å². The minimum atomic E-state index is -0.375. The number of hydrogen-bond acceptors (Lipinski definition) is 7. The van der Waals surface area contributed by atoms with E-state index < -0.39 is 0 Å². The Balaban J connectivity index is 1.56. The zero-order chi connectivity index (χ0) is 19.0. The molecule has 0 saturated carbocycles. The second-order valence-corrected chi connectivity index (χ2v) is 7.66. The van der Waals surface area contributed by atoms with Crippen LogP contribution in [0, 0.1) is 11.3 Å².